The number of ether oxygens (including phenoxy) is 1. The first-order valence-electron chi connectivity index (χ1n) is 5.35. The van der Waals surface area contributed by atoms with Gasteiger partial charge in [0, 0.05) is 0 Å². The lowest BCUT2D eigenvalue weighted by atomic mass is 9.96. The minimum atomic E-state index is -0.832. The number of methoxy groups -OCH3 is 1. The number of hydrogen-bond donors (Lipinski definition) is 1. The van der Waals surface area contributed by atoms with Gasteiger partial charge in [-0.15, -0.1) is 0 Å². The molecule has 1 atom stereocenters. The molecule has 1 unspecified atom stereocenters. The van der Waals surface area contributed by atoms with E-state index in [2.05, 4.69) is 15.3 Å². The van der Waals surface area contributed by atoms with Gasteiger partial charge >= 0.3 is 5.97 Å². The van der Waals surface area contributed by atoms with Gasteiger partial charge in [0.25, 0.3) is 0 Å². The first kappa shape index (κ1) is 13.7. The van der Waals surface area contributed by atoms with Crippen LogP contribution in [0.4, 0.5) is 5.82 Å². The maximum absolute atomic E-state index is 11.8. The van der Waals surface area contributed by atoms with Crippen LogP contribution in [0.15, 0.2) is 12.5 Å². The van der Waals surface area contributed by atoms with Crippen LogP contribution in [0.2, 0.25) is 5.02 Å². The quantitative estimate of drug-likeness (QED) is 0.820. The fourth-order valence-corrected chi connectivity index (χ4v) is 1.76. The summed E-state index contributed by atoms with van der Waals surface area (Å²) in [4.78, 5) is 19.6. The van der Waals surface area contributed by atoms with Crippen LogP contribution in [-0.2, 0) is 9.53 Å². The molecule has 0 aliphatic rings. The van der Waals surface area contributed by atoms with E-state index in [0.29, 0.717) is 17.3 Å². The van der Waals surface area contributed by atoms with Crippen molar-refractivity contribution in [3.8, 4) is 0 Å². The van der Waals surface area contributed by atoms with E-state index in [-0.39, 0.29) is 5.97 Å². The van der Waals surface area contributed by atoms with Gasteiger partial charge in [0.15, 0.2) is 0 Å². The highest BCUT2D eigenvalue weighted by Crippen LogP contribution is 2.24. The van der Waals surface area contributed by atoms with Crippen molar-refractivity contribution in [3.63, 3.8) is 0 Å². The molecule has 0 saturated heterocycles. The zero-order chi connectivity index (χ0) is 12.9. The third kappa shape index (κ3) is 3.30. The first-order chi connectivity index (χ1) is 8.03. The Morgan fingerprint density at radius 3 is 2.88 bits per heavy atom. The summed E-state index contributed by atoms with van der Waals surface area (Å²) in [5.74, 6) is 0.0945. The van der Waals surface area contributed by atoms with Crippen molar-refractivity contribution >= 4 is 23.4 Å². The van der Waals surface area contributed by atoms with Crippen LogP contribution in [0, 0.1) is 0 Å². The molecule has 94 valence electrons. The minimum Gasteiger partial charge on any atom is -0.467 e. The molecule has 0 amide bonds. The molecule has 1 rings (SSSR count). The van der Waals surface area contributed by atoms with Crippen molar-refractivity contribution < 1.29 is 9.53 Å². The number of hydrogen-bond acceptors (Lipinski definition) is 5. The van der Waals surface area contributed by atoms with E-state index < -0.39 is 5.54 Å². The summed E-state index contributed by atoms with van der Waals surface area (Å²) in [6.45, 7) is 3.76. The molecule has 17 heavy (non-hydrogen) atoms. The van der Waals surface area contributed by atoms with Gasteiger partial charge in [-0.1, -0.05) is 24.9 Å². The molecule has 5 nitrogen and oxygen atoms in total. The molecule has 0 radical (unpaired) electrons. The predicted octanol–water partition coefficient (Wildman–Crippen LogP) is 2.27. The first-order valence-corrected chi connectivity index (χ1v) is 5.73. The third-order valence-corrected chi connectivity index (χ3v) is 2.72. The second-order valence-corrected chi connectivity index (χ2v) is 4.33. The van der Waals surface area contributed by atoms with Crippen LogP contribution in [-0.4, -0.2) is 28.6 Å². The second kappa shape index (κ2) is 5.82. The van der Waals surface area contributed by atoms with Gasteiger partial charge in [-0.2, -0.15) is 0 Å². The average Bonchev–Trinajstić information content (AvgIpc) is 2.31. The maximum Gasteiger partial charge on any atom is 0.331 e. The van der Waals surface area contributed by atoms with Crippen molar-refractivity contribution in [1.82, 2.24) is 9.97 Å². The molecule has 1 aromatic heterocycles. The Bertz CT molecular complexity index is 400. The lowest BCUT2D eigenvalue weighted by Crippen LogP contribution is -2.44. The third-order valence-electron chi connectivity index (χ3n) is 2.45. The number of aromatic nitrogens is 2. The number of esters is 1. The van der Waals surface area contributed by atoms with E-state index >= 15 is 0 Å². The van der Waals surface area contributed by atoms with Crippen LogP contribution >= 0.6 is 11.6 Å². The van der Waals surface area contributed by atoms with Gasteiger partial charge < -0.3 is 10.1 Å². The Balaban J connectivity index is 2.94. The molecular formula is C11H16ClN3O2. The van der Waals surface area contributed by atoms with E-state index in [9.17, 15) is 4.79 Å². The zero-order valence-corrected chi connectivity index (χ0v) is 10.9. The number of nitrogens with one attached hydrogen (secondary N) is 1. The molecule has 1 N–H and O–H groups in total. The van der Waals surface area contributed by atoms with Crippen LogP contribution in [0.25, 0.3) is 0 Å². The number of carbonyl (C=O) groups excluding carboxylic acids is 1. The number of nitrogens with zero attached hydrogens (tertiary/aromatic N) is 2. The SMILES string of the molecule is CCCC(C)(Nc1ncncc1Cl)C(=O)OC. The summed E-state index contributed by atoms with van der Waals surface area (Å²) in [5, 5.41) is 3.39. The molecule has 0 aliphatic heterocycles. The molecule has 0 saturated carbocycles. The van der Waals surface area contributed by atoms with Crippen LogP contribution in [0.5, 0.6) is 0 Å². The minimum absolute atomic E-state index is 0.339. The highest BCUT2D eigenvalue weighted by Gasteiger charge is 2.34. The fourth-order valence-electron chi connectivity index (χ4n) is 1.61. The van der Waals surface area contributed by atoms with Gasteiger partial charge in [0.05, 0.1) is 13.3 Å². The molecule has 1 heterocycles. The zero-order valence-electron chi connectivity index (χ0n) is 10.2. The molecule has 0 spiro atoms. The predicted molar refractivity (Wildman–Crippen MR) is 66.0 cm³/mol. The standard InChI is InChI=1S/C11H16ClN3O2/c1-4-5-11(2,10(16)17-3)15-9-8(12)6-13-7-14-9/h6-7H,4-5H2,1-3H3,(H,13,14,15). The Morgan fingerprint density at radius 2 is 2.35 bits per heavy atom. The van der Waals surface area contributed by atoms with E-state index in [1.165, 1.54) is 19.6 Å². The number of halogens is 1. The lowest BCUT2D eigenvalue weighted by Gasteiger charge is -2.28. The van der Waals surface area contributed by atoms with Gasteiger partial charge in [-0.3, -0.25) is 0 Å². The maximum atomic E-state index is 11.8. The van der Waals surface area contributed by atoms with E-state index in [0.717, 1.165) is 6.42 Å². The van der Waals surface area contributed by atoms with Crippen molar-refractivity contribution in [2.45, 2.75) is 32.2 Å². The summed E-state index contributed by atoms with van der Waals surface area (Å²) in [7, 11) is 1.36. The summed E-state index contributed by atoms with van der Waals surface area (Å²) < 4.78 is 4.79. The summed E-state index contributed by atoms with van der Waals surface area (Å²) in [5.41, 5.74) is -0.832. The van der Waals surface area contributed by atoms with Crippen LogP contribution in [0.3, 0.4) is 0 Å². The monoisotopic (exact) mass is 257 g/mol. The molecule has 1 aromatic rings. The normalized spacial score (nSPS) is 13.9. The summed E-state index contributed by atoms with van der Waals surface area (Å²) >= 11 is 5.94. The van der Waals surface area contributed by atoms with Crippen LogP contribution < -0.4 is 5.32 Å². The van der Waals surface area contributed by atoms with Crippen molar-refractivity contribution in [2.24, 2.45) is 0 Å². The summed E-state index contributed by atoms with van der Waals surface area (Å²) in [6.07, 6.45) is 4.31. The Morgan fingerprint density at radius 1 is 1.65 bits per heavy atom. The van der Waals surface area contributed by atoms with Crippen LogP contribution in [0.1, 0.15) is 26.7 Å². The molecule has 0 aromatic carbocycles. The molecule has 0 fully saturated rings. The Kier molecular flexibility index (Phi) is 4.69. The van der Waals surface area contributed by atoms with Gasteiger partial charge in [0.2, 0.25) is 0 Å². The fraction of sp³-hybridized carbons (Fsp3) is 0.545. The van der Waals surface area contributed by atoms with Gasteiger partial charge in [0.1, 0.15) is 22.7 Å². The van der Waals surface area contributed by atoms with Gasteiger partial charge in [-0.05, 0) is 13.3 Å². The Hall–Kier alpha value is -1.36. The Labute approximate surface area is 106 Å². The van der Waals surface area contributed by atoms with E-state index in [1.54, 1.807) is 6.92 Å². The number of anilines is 1. The highest BCUT2D eigenvalue weighted by molar-refractivity contribution is 6.32. The number of carbonyl (C=O) groups is 1. The lowest BCUT2D eigenvalue weighted by molar-refractivity contribution is -0.145. The van der Waals surface area contributed by atoms with Crippen molar-refractivity contribution in [2.75, 3.05) is 12.4 Å². The molecule has 0 bridgehead atoms. The summed E-state index contributed by atoms with van der Waals surface area (Å²) in [6, 6.07) is 0. The highest BCUT2D eigenvalue weighted by atomic mass is 35.5. The topological polar surface area (TPSA) is 64.1 Å². The van der Waals surface area contributed by atoms with Crippen molar-refractivity contribution in [1.29, 1.82) is 0 Å². The van der Waals surface area contributed by atoms with E-state index in [1.807, 2.05) is 6.92 Å². The number of rotatable bonds is 5. The molecule has 6 heteroatoms. The average molecular weight is 258 g/mol. The molecule has 0 aliphatic carbocycles. The smallest absolute Gasteiger partial charge is 0.331 e. The van der Waals surface area contributed by atoms with E-state index in [4.69, 9.17) is 16.3 Å². The van der Waals surface area contributed by atoms with Crippen molar-refractivity contribution in [3.05, 3.63) is 17.5 Å². The molecular weight excluding hydrogens is 242 g/mol. The second-order valence-electron chi connectivity index (χ2n) is 3.92. The van der Waals surface area contributed by atoms with Gasteiger partial charge in [-0.25, -0.2) is 14.8 Å². The largest absolute Gasteiger partial charge is 0.467 e.